The van der Waals surface area contributed by atoms with Crippen molar-refractivity contribution in [2.45, 2.75) is 56.3 Å². The van der Waals surface area contributed by atoms with E-state index in [1.165, 1.54) is 17.5 Å². The maximum atomic E-state index is 13.0. The minimum atomic E-state index is -3.43. The first kappa shape index (κ1) is 16.7. The molecule has 1 aromatic carbocycles. The molecule has 2 aromatic rings. The number of hydrogen-bond acceptors (Lipinski definition) is 5. The molecule has 7 heteroatoms. The zero-order valence-corrected chi connectivity index (χ0v) is 15.3. The Balaban J connectivity index is 1.50. The van der Waals surface area contributed by atoms with Crippen LogP contribution in [0.25, 0.3) is 0 Å². The van der Waals surface area contributed by atoms with Gasteiger partial charge >= 0.3 is 0 Å². The van der Waals surface area contributed by atoms with Crippen molar-refractivity contribution in [3.63, 3.8) is 0 Å². The van der Waals surface area contributed by atoms with Crippen LogP contribution in [0.2, 0.25) is 0 Å². The van der Waals surface area contributed by atoms with Gasteiger partial charge in [-0.1, -0.05) is 6.07 Å². The molecule has 0 unspecified atom stereocenters. The molecule has 1 saturated heterocycles. The van der Waals surface area contributed by atoms with Crippen LogP contribution in [-0.2, 0) is 22.9 Å². The third kappa shape index (κ3) is 3.22. The van der Waals surface area contributed by atoms with Crippen molar-refractivity contribution in [2.75, 3.05) is 13.1 Å². The van der Waals surface area contributed by atoms with Gasteiger partial charge in [0.1, 0.15) is 0 Å². The van der Waals surface area contributed by atoms with Gasteiger partial charge in [-0.05, 0) is 61.8 Å². The maximum absolute atomic E-state index is 13.0. The molecule has 25 heavy (non-hydrogen) atoms. The minimum Gasteiger partial charge on any atom is -0.425 e. The van der Waals surface area contributed by atoms with Crippen LogP contribution < -0.4 is 0 Å². The highest BCUT2D eigenvalue weighted by Gasteiger charge is 2.32. The molecule has 6 nitrogen and oxygen atoms in total. The standard InChI is InChI=1S/C18H23N3O3S/c1-13-19-20-18(24-13)15-8-10-21(11-9-15)25(22,23)17-7-6-14-4-2-3-5-16(14)12-17/h6-7,12,15H,2-5,8-11H2,1H3. The highest BCUT2D eigenvalue weighted by Crippen LogP contribution is 2.31. The fraction of sp³-hybridized carbons (Fsp3) is 0.556. The number of sulfonamides is 1. The van der Waals surface area contributed by atoms with Crippen molar-refractivity contribution in [2.24, 2.45) is 0 Å². The molecule has 0 atom stereocenters. The van der Waals surface area contributed by atoms with Gasteiger partial charge in [-0.15, -0.1) is 10.2 Å². The van der Waals surface area contributed by atoms with Crippen molar-refractivity contribution in [3.8, 4) is 0 Å². The number of piperidine rings is 1. The predicted octanol–water partition coefficient (Wildman–Crippen LogP) is 2.83. The lowest BCUT2D eigenvalue weighted by Crippen LogP contribution is -2.38. The summed E-state index contributed by atoms with van der Waals surface area (Å²) in [6.07, 6.45) is 5.81. The summed E-state index contributed by atoms with van der Waals surface area (Å²) in [6, 6.07) is 5.65. The molecule has 134 valence electrons. The zero-order valence-electron chi connectivity index (χ0n) is 14.4. The van der Waals surface area contributed by atoms with Gasteiger partial charge in [0.05, 0.1) is 4.90 Å². The van der Waals surface area contributed by atoms with Gasteiger partial charge in [-0.2, -0.15) is 4.31 Å². The van der Waals surface area contributed by atoms with E-state index < -0.39 is 10.0 Å². The normalized spacial score (nSPS) is 19.7. The van der Waals surface area contributed by atoms with Gasteiger partial charge in [-0.3, -0.25) is 0 Å². The molecule has 4 rings (SSSR count). The van der Waals surface area contributed by atoms with Gasteiger partial charge in [0.2, 0.25) is 21.8 Å². The Bertz CT molecular complexity index is 867. The molecule has 1 aromatic heterocycles. The summed E-state index contributed by atoms with van der Waals surface area (Å²) < 4.78 is 33.1. The molecule has 0 radical (unpaired) electrons. The highest BCUT2D eigenvalue weighted by atomic mass is 32.2. The van der Waals surface area contributed by atoms with E-state index in [0.29, 0.717) is 42.6 Å². The summed E-state index contributed by atoms with van der Waals surface area (Å²) in [5.41, 5.74) is 2.50. The number of aryl methyl sites for hydroxylation is 3. The van der Waals surface area contributed by atoms with E-state index in [1.54, 1.807) is 17.3 Å². The van der Waals surface area contributed by atoms with Crippen molar-refractivity contribution in [1.82, 2.24) is 14.5 Å². The molecule has 0 spiro atoms. The van der Waals surface area contributed by atoms with Crippen molar-refractivity contribution < 1.29 is 12.8 Å². The Morgan fingerprint density at radius 2 is 1.80 bits per heavy atom. The molecular weight excluding hydrogens is 338 g/mol. The summed E-state index contributed by atoms with van der Waals surface area (Å²) in [5, 5.41) is 7.95. The Kier molecular flexibility index (Phi) is 4.37. The molecule has 0 saturated carbocycles. The third-order valence-corrected chi connectivity index (χ3v) is 7.20. The first-order valence-corrected chi connectivity index (χ1v) is 10.4. The molecule has 2 heterocycles. The van der Waals surface area contributed by atoms with Crippen LogP contribution in [0.3, 0.4) is 0 Å². The summed E-state index contributed by atoms with van der Waals surface area (Å²) >= 11 is 0. The summed E-state index contributed by atoms with van der Waals surface area (Å²) in [4.78, 5) is 0.431. The topological polar surface area (TPSA) is 76.3 Å². The quantitative estimate of drug-likeness (QED) is 0.840. The fourth-order valence-electron chi connectivity index (χ4n) is 3.84. The Labute approximate surface area is 148 Å². The van der Waals surface area contributed by atoms with Crippen LogP contribution in [0.5, 0.6) is 0 Å². The van der Waals surface area contributed by atoms with Gasteiger partial charge in [-0.25, -0.2) is 8.42 Å². The smallest absolute Gasteiger partial charge is 0.243 e. The van der Waals surface area contributed by atoms with Crippen LogP contribution in [0.15, 0.2) is 27.5 Å². The van der Waals surface area contributed by atoms with Gasteiger partial charge in [0.25, 0.3) is 0 Å². The largest absolute Gasteiger partial charge is 0.425 e. The predicted molar refractivity (Wildman–Crippen MR) is 92.9 cm³/mol. The number of benzene rings is 1. The number of hydrogen-bond donors (Lipinski definition) is 0. The van der Waals surface area contributed by atoms with Crippen LogP contribution in [0, 0.1) is 6.92 Å². The molecule has 1 fully saturated rings. The van der Waals surface area contributed by atoms with E-state index in [2.05, 4.69) is 10.2 Å². The van der Waals surface area contributed by atoms with Crippen LogP contribution in [-0.4, -0.2) is 36.0 Å². The molecule has 0 N–H and O–H groups in total. The van der Waals surface area contributed by atoms with Gasteiger partial charge in [0, 0.05) is 25.9 Å². The lowest BCUT2D eigenvalue weighted by molar-refractivity contribution is 0.288. The van der Waals surface area contributed by atoms with Gasteiger partial charge in [0.15, 0.2) is 0 Å². The van der Waals surface area contributed by atoms with E-state index in [4.69, 9.17) is 4.42 Å². The summed E-state index contributed by atoms with van der Waals surface area (Å²) in [7, 11) is -3.43. The van der Waals surface area contributed by atoms with Gasteiger partial charge < -0.3 is 4.42 Å². The summed E-state index contributed by atoms with van der Waals surface area (Å²) in [5.74, 6) is 1.33. The van der Waals surface area contributed by atoms with Crippen molar-refractivity contribution in [3.05, 3.63) is 41.1 Å². The summed E-state index contributed by atoms with van der Waals surface area (Å²) in [6.45, 7) is 2.75. The molecular formula is C18H23N3O3S. The van der Waals surface area contributed by atoms with Crippen molar-refractivity contribution in [1.29, 1.82) is 0 Å². The zero-order chi connectivity index (χ0) is 17.4. The van der Waals surface area contributed by atoms with E-state index in [1.807, 2.05) is 12.1 Å². The number of rotatable bonds is 3. The van der Waals surface area contributed by atoms with E-state index in [0.717, 1.165) is 19.3 Å². The van der Waals surface area contributed by atoms with Crippen molar-refractivity contribution >= 4 is 10.0 Å². The molecule has 1 aliphatic heterocycles. The Morgan fingerprint density at radius 3 is 2.48 bits per heavy atom. The van der Waals surface area contributed by atoms with E-state index in [-0.39, 0.29) is 5.92 Å². The van der Waals surface area contributed by atoms with Crippen LogP contribution >= 0.6 is 0 Å². The fourth-order valence-corrected chi connectivity index (χ4v) is 5.36. The second kappa shape index (κ2) is 6.53. The highest BCUT2D eigenvalue weighted by molar-refractivity contribution is 7.89. The number of fused-ring (bicyclic) bond motifs is 1. The van der Waals surface area contributed by atoms with Crippen LogP contribution in [0.1, 0.15) is 54.5 Å². The lowest BCUT2D eigenvalue weighted by atomic mass is 9.92. The third-order valence-electron chi connectivity index (χ3n) is 5.30. The second-order valence-corrected chi connectivity index (χ2v) is 8.91. The lowest BCUT2D eigenvalue weighted by Gasteiger charge is -2.30. The first-order chi connectivity index (χ1) is 12.0. The minimum absolute atomic E-state index is 0.149. The Morgan fingerprint density at radius 1 is 1.08 bits per heavy atom. The second-order valence-electron chi connectivity index (χ2n) is 6.98. The average molecular weight is 361 g/mol. The monoisotopic (exact) mass is 361 g/mol. The SMILES string of the molecule is Cc1nnc(C2CCN(S(=O)(=O)c3ccc4c(c3)CCCC4)CC2)o1. The van der Waals surface area contributed by atoms with Crippen LogP contribution in [0.4, 0.5) is 0 Å². The Hall–Kier alpha value is -1.73. The molecule has 0 amide bonds. The number of nitrogens with zero attached hydrogens (tertiary/aromatic N) is 3. The van der Waals surface area contributed by atoms with E-state index in [9.17, 15) is 8.42 Å². The maximum Gasteiger partial charge on any atom is 0.243 e. The molecule has 0 bridgehead atoms. The average Bonchev–Trinajstić information content (AvgIpc) is 3.08. The molecule has 1 aliphatic carbocycles. The first-order valence-electron chi connectivity index (χ1n) is 8.96. The van der Waals surface area contributed by atoms with E-state index >= 15 is 0 Å². The molecule has 2 aliphatic rings. The number of aromatic nitrogens is 2.